The van der Waals surface area contributed by atoms with Crippen molar-refractivity contribution in [1.82, 2.24) is 0 Å². The first kappa shape index (κ1) is 18.4. The Hall–Kier alpha value is -1.94. The molecule has 4 heteroatoms. The van der Waals surface area contributed by atoms with Gasteiger partial charge in [-0.25, -0.2) is 4.79 Å². The molecule has 0 aliphatic rings. The van der Waals surface area contributed by atoms with Crippen LogP contribution in [0.3, 0.4) is 0 Å². The normalized spacial score (nSPS) is 12.8. The van der Waals surface area contributed by atoms with Crippen LogP contribution in [0.4, 0.5) is 0 Å². The Bertz CT molecular complexity index is 748. The Morgan fingerprint density at radius 1 is 1.08 bits per heavy atom. The van der Waals surface area contributed by atoms with Gasteiger partial charge in [0, 0.05) is 15.3 Å². The number of aryl methyl sites for hydroxylation is 2. The monoisotopic (exact) mass is 344 g/mol. The molecule has 2 aromatic rings. The largest absolute Gasteiger partial charge is 0.451 e. The van der Waals surface area contributed by atoms with E-state index in [9.17, 15) is 9.59 Å². The van der Waals surface area contributed by atoms with E-state index < -0.39 is 12.1 Å². The van der Waals surface area contributed by atoms with Crippen molar-refractivity contribution in [2.45, 2.75) is 53.1 Å². The molecule has 1 atom stereocenters. The highest BCUT2D eigenvalue weighted by Gasteiger charge is 2.23. The molecule has 0 radical (unpaired) electrons. The van der Waals surface area contributed by atoms with Crippen LogP contribution in [0.15, 0.2) is 30.3 Å². The molecule has 0 saturated carbocycles. The first-order chi connectivity index (χ1) is 11.1. The molecular weight excluding hydrogens is 320 g/mol. The summed E-state index contributed by atoms with van der Waals surface area (Å²) < 4.78 is 5.36. The topological polar surface area (TPSA) is 43.4 Å². The predicted molar refractivity (Wildman–Crippen MR) is 98.1 cm³/mol. The second kappa shape index (κ2) is 6.89. The van der Waals surface area contributed by atoms with Gasteiger partial charge in [0.1, 0.15) is 0 Å². The van der Waals surface area contributed by atoms with E-state index in [4.69, 9.17) is 4.74 Å². The minimum Gasteiger partial charge on any atom is -0.451 e. The summed E-state index contributed by atoms with van der Waals surface area (Å²) in [6.45, 7) is 11.8. The third kappa shape index (κ3) is 4.12. The Labute approximate surface area is 147 Å². The lowest BCUT2D eigenvalue weighted by Gasteiger charge is -2.19. The van der Waals surface area contributed by atoms with Gasteiger partial charge in [0.15, 0.2) is 6.10 Å². The number of rotatable bonds is 4. The van der Waals surface area contributed by atoms with Gasteiger partial charge < -0.3 is 4.74 Å². The molecule has 3 nitrogen and oxygen atoms in total. The van der Waals surface area contributed by atoms with Crippen LogP contribution in [0.2, 0.25) is 0 Å². The average Bonchev–Trinajstić information content (AvgIpc) is 2.84. The zero-order valence-corrected chi connectivity index (χ0v) is 15.9. The van der Waals surface area contributed by atoms with E-state index in [2.05, 4.69) is 20.8 Å². The quantitative estimate of drug-likeness (QED) is 0.573. The molecule has 2 rings (SSSR count). The lowest BCUT2D eigenvalue weighted by molar-refractivity contribution is 0.0318. The van der Waals surface area contributed by atoms with Crippen molar-refractivity contribution in [3.8, 4) is 0 Å². The van der Waals surface area contributed by atoms with Crippen molar-refractivity contribution in [2.24, 2.45) is 0 Å². The number of carbonyl (C=O) groups excluding carboxylic acids is 2. The van der Waals surface area contributed by atoms with Gasteiger partial charge in [0.25, 0.3) is 0 Å². The lowest BCUT2D eigenvalue weighted by Crippen LogP contribution is -2.24. The number of thiophene rings is 1. The molecule has 0 aliphatic carbocycles. The zero-order valence-electron chi connectivity index (χ0n) is 15.1. The summed E-state index contributed by atoms with van der Waals surface area (Å²) in [5.74, 6) is -0.627. The van der Waals surface area contributed by atoms with Crippen LogP contribution in [0.25, 0.3) is 0 Å². The summed E-state index contributed by atoms with van der Waals surface area (Å²) in [4.78, 5) is 26.7. The van der Waals surface area contributed by atoms with Gasteiger partial charge in [-0.05, 0) is 37.8 Å². The molecule has 1 aromatic heterocycles. The molecule has 0 saturated heterocycles. The van der Waals surface area contributed by atoms with Crippen molar-refractivity contribution in [1.29, 1.82) is 0 Å². The SMILES string of the molecule is Cc1cc(C(=O)O[C@H](C)C(=O)c2ccc(C(C)(C)C)cc2)c(C)s1. The van der Waals surface area contributed by atoms with Crippen LogP contribution in [0, 0.1) is 13.8 Å². The van der Waals surface area contributed by atoms with Crippen LogP contribution in [-0.4, -0.2) is 17.9 Å². The van der Waals surface area contributed by atoms with Crippen molar-refractivity contribution < 1.29 is 14.3 Å². The summed E-state index contributed by atoms with van der Waals surface area (Å²) in [5.41, 5.74) is 2.29. The van der Waals surface area contributed by atoms with Crippen LogP contribution < -0.4 is 0 Å². The summed E-state index contributed by atoms with van der Waals surface area (Å²) in [7, 11) is 0. The standard InChI is InChI=1S/C20H24O3S/c1-12-11-17(14(3)24-12)19(22)23-13(2)18(21)15-7-9-16(10-8-15)20(4,5)6/h7-11,13H,1-6H3/t13-/m1/s1. The Morgan fingerprint density at radius 3 is 2.12 bits per heavy atom. The van der Waals surface area contributed by atoms with Crippen molar-refractivity contribution in [3.05, 3.63) is 56.8 Å². The van der Waals surface area contributed by atoms with Gasteiger partial charge in [-0.3, -0.25) is 4.79 Å². The van der Waals surface area contributed by atoms with Gasteiger partial charge in [-0.1, -0.05) is 45.0 Å². The molecule has 0 spiro atoms. The first-order valence-electron chi connectivity index (χ1n) is 8.02. The maximum atomic E-state index is 12.5. The molecule has 0 N–H and O–H groups in total. The molecule has 0 bridgehead atoms. The minimum absolute atomic E-state index is 0.0357. The molecule has 0 fully saturated rings. The second-order valence-corrected chi connectivity index (χ2v) is 8.53. The van der Waals surface area contributed by atoms with E-state index in [1.165, 1.54) is 0 Å². The maximum absolute atomic E-state index is 12.5. The van der Waals surface area contributed by atoms with Gasteiger partial charge in [0.05, 0.1) is 5.56 Å². The number of Topliss-reactive ketones (excluding diaryl/α,β-unsaturated/α-hetero) is 1. The van der Waals surface area contributed by atoms with E-state index >= 15 is 0 Å². The van der Waals surface area contributed by atoms with E-state index in [0.717, 1.165) is 15.3 Å². The fourth-order valence-electron chi connectivity index (χ4n) is 2.48. The fraction of sp³-hybridized carbons (Fsp3) is 0.400. The molecule has 0 unspecified atom stereocenters. The van der Waals surface area contributed by atoms with E-state index in [1.807, 2.05) is 26.0 Å². The summed E-state index contributed by atoms with van der Waals surface area (Å²) in [6.07, 6.45) is -0.808. The third-order valence-electron chi connectivity index (χ3n) is 3.95. The number of ether oxygens (including phenoxy) is 1. The van der Waals surface area contributed by atoms with Crippen molar-refractivity contribution >= 4 is 23.1 Å². The summed E-state index contributed by atoms with van der Waals surface area (Å²) >= 11 is 1.55. The Kier molecular flexibility index (Phi) is 5.29. The Morgan fingerprint density at radius 2 is 1.67 bits per heavy atom. The predicted octanol–water partition coefficient (Wildman–Crippen LogP) is 5.09. The highest BCUT2D eigenvalue weighted by molar-refractivity contribution is 7.12. The molecule has 128 valence electrons. The number of esters is 1. The second-order valence-electron chi connectivity index (χ2n) is 7.07. The van der Waals surface area contributed by atoms with Crippen LogP contribution >= 0.6 is 11.3 Å². The van der Waals surface area contributed by atoms with Crippen LogP contribution in [-0.2, 0) is 10.2 Å². The van der Waals surface area contributed by atoms with Crippen molar-refractivity contribution in [3.63, 3.8) is 0 Å². The van der Waals surface area contributed by atoms with E-state index in [1.54, 1.807) is 36.5 Å². The highest BCUT2D eigenvalue weighted by atomic mass is 32.1. The first-order valence-corrected chi connectivity index (χ1v) is 8.84. The molecule has 0 aliphatic heterocycles. The summed E-state index contributed by atoms with van der Waals surface area (Å²) in [6, 6.07) is 9.31. The molecule has 0 amide bonds. The van der Waals surface area contributed by atoms with Crippen LogP contribution in [0.5, 0.6) is 0 Å². The third-order valence-corrected chi connectivity index (χ3v) is 4.92. The van der Waals surface area contributed by atoms with Crippen LogP contribution in [0.1, 0.15) is 63.7 Å². The van der Waals surface area contributed by atoms with Gasteiger partial charge in [-0.2, -0.15) is 0 Å². The number of benzene rings is 1. The highest BCUT2D eigenvalue weighted by Crippen LogP contribution is 2.24. The molecule has 24 heavy (non-hydrogen) atoms. The number of carbonyl (C=O) groups is 2. The minimum atomic E-state index is -0.808. The van der Waals surface area contributed by atoms with E-state index in [0.29, 0.717) is 11.1 Å². The molecule has 1 aromatic carbocycles. The smallest absolute Gasteiger partial charge is 0.339 e. The summed E-state index contributed by atoms with van der Waals surface area (Å²) in [5, 5.41) is 0. The van der Waals surface area contributed by atoms with Gasteiger partial charge in [-0.15, -0.1) is 11.3 Å². The Balaban J connectivity index is 2.09. The number of hydrogen-bond acceptors (Lipinski definition) is 4. The van der Waals surface area contributed by atoms with Crippen molar-refractivity contribution in [2.75, 3.05) is 0 Å². The molecule has 1 heterocycles. The fourth-order valence-corrected chi connectivity index (χ4v) is 3.39. The molecular formula is C20H24O3S. The number of hydrogen-bond donors (Lipinski definition) is 0. The number of ketones is 1. The zero-order chi connectivity index (χ0) is 18.1. The maximum Gasteiger partial charge on any atom is 0.339 e. The van der Waals surface area contributed by atoms with Gasteiger partial charge >= 0.3 is 5.97 Å². The average molecular weight is 344 g/mol. The van der Waals surface area contributed by atoms with E-state index in [-0.39, 0.29) is 11.2 Å². The lowest BCUT2D eigenvalue weighted by atomic mass is 9.86. The van der Waals surface area contributed by atoms with Gasteiger partial charge in [0.2, 0.25) is 5.78 Å².